The van der Waals surface area contributed by atoms with E-state index in [0.29, 0.717) is 12.1 Å². The number of halogens is 3. The summed E-state index contributed by atoms with van der Waals surface area (Å²) in [5.74, 6) is -1.80. The summed E-state index contributed by atoms with van der Waals surface area (Å²) in [5, 5.41) is 11.0. The maximum Gasteiger partial charge on any atom is 0.490 e. The summed E-state index contributed by atoms with van der Waals surface area (Å²) >= 11 is 1.57. The molecule has 4 heterocycles. The summed E-state index contributed by atoms with van der Waals surface area (Å²) in [6.07, 6.45) is 0.468. The Hall–Kier alpha value is -2.69. The van der Waals surface area contributed by atoms with Crippen LogP contribution in [0, 0.1) is 0 Å². The van der Waals surface area contributed by atoms with Crippen LogP contribution < -0.4 is 4.90 Å². The van der Waals surface area contributed by atoms with E-state index in [1.807, 2.05) is 27.8 Å². The fourth-order valence-electron chi connectivity index (χ4n) is 3.48. The second-order valence-corrected chi connectivity index (χ2v) is 7.05. The van der Waals surface area contributed by atoms with Crippen LogP contribution in [0.1, 0.15) is 23.2 Å². The Bertz CT molecular complexity index is 817. The number of thiophene rings is 1. The largest absolute Gasteiger partial charge is 0.490 e. The third-order valence-electron chi connectivity index (χ3n) is 4.66. The number of carboxylic acid groups (broad SMARTS) is 1. The lowest BCUT2D eigenvalue weighted by atomic mass is 10.1. The third kappa shape index (κ3) is 4.24. The second-order valence-electron chi connectivity index (χ2n) is 6.27. The molecule has 0 unspecified atom stereocenters. The molecular weight excluding hydrogens is 397 g/mol. The molecular formula is C17H17F3N4O3S. The Morgan fingerprint density at radius 1 is 1.14 bits per heavy atom. The highest BCUT2D eigenvalue weighted by molar-refractivity contribution is 7.08. The number of amides is 1. The standard InChI is InChI=1S/C15H16N4OS.C2HF3O2/c20-14(11-4-9-21-10-11)18-7-2-13-12(18)3-8-19(13)15-16-5-1-6-17-15;3-2(4,5)1(6)7/h1,4-6,9-10,12-13H,2-3,7-8H2;(H,6,7)/t12-,13+;/m1./s1. The number of carbonyl (C=O) groups is 2. The predicted octanol–water partition coefficient (Wildman–Crippen LogP) is 2.66. The van der Waals surface area contributed by atoms with E-state index in [-0.39, 0.29) is 5.91 Å². The van der Waals surface area contributed by atoms with Gasteiger partial charge in [0.2, 0.25) is 5.95 Å². The molecule has 2 atom stereocenters. The Kier molecular flexibility index (Phi) is 5.82. The Balaban J connectivity index is 0.000000279. The van der Waals surface area contributed by atoms with Gasteiger partial charge in [-0.15, -0.1) is 0 Å². The van der Waals surface area contributed by atoms with Crippen LogP contribution in [0.5, 0.6) is 0 Å². The van der Waals surface area contributed by atoms with Crippen molar-refractivity contribution in [2.24, 2.45) is 0 Å². The van der Waals surface area contributed by atoms with Crippen molar-refractivity contribution < 1.29 is 27.9 Å². The van der Waals surface area contributed by atoms with Crippen molar-refractivity contribution in [1.82, 2.24) is 14.9 Å². The molecule has 11 heteroatoms. The van der Waals surface area contributed by atoms with Gasteiger partial charge in [-0.3, -0.25) is 4.79 Å². The number of carbonyl (C=O) groups excluding carboxylic acids is 1. The van der Waals surface area contributed by atoms with Crippen molar-refractivity contribution in [2.45, 2.75) is 31.1 Å². The molecule has 2 aliphatic heterocycles. The summed E-state index contributed by atoms with van der Waals surface area (Å²) in [4.78, 5) is 34.5. The molecule has 2 aromatic heterocycles. The topological polar surface area (TPSA) is 86.6 Å². The smallest absolute Gasteiger partial charge is 0.475 e. The maximum atomic E-state index is 12.6. The van der Waals surface area contributed by atoms with Crippen molar-refractivity contribution in [3.8, 4) is 0 Å². The molecule has 2 aliphatic rings. The zero-order valence-electron chi connectivity index (χ0n) is 14.5. The first-order valence-electron chi connectivity index (χ1n) is 8.46. The monoisotopic (exact) mass is 414 g/mol. The van der Waals surface area contributed by atoms with Gasteiger partial charge in [0.05, 0.1) is 17.6 Å². The maximum absolute atomic E-state index is 12.6. The van der Waals surface area contributed by atoms with Gasteiger partial charge in [-0.25, -0.2) is 14.8 Å². The van der Waals surface area contributed by atoms with E-state index in [9.17, 15) is 18.0 Å². The van der Waals surface area contributed by atoms with Crippen molar-refractivity contribution in [3.63, 3.8) is 0 Å². The molecule has 0 bridgehead atoms. The highest BCUT2D eigenvalue weighted by atomic mass is 32.1. The van der Waals surface area contributed by atoms with E-state index >= 15 is 0 Å². The zero-order chi connectivity index (χ0) is 20.3. The van der Waals surface area contributed by atoms with E-state index in [1.54, 1.807) is 23.7 Å². The number of anilines is 1. The first-order valence-corrected chi connectivity index (χ1v) is 9.40. The van der Waals surface area contributed by atoms with Gasteiger partial charge in [0.15, 0.2) is 0 Å². The van der Waals surface area contributed by atoms with Crippen LogP contribution in [-0.4, -0.2) is 63.2 Å². The number of carboxylic acids is 1. The Morgan fingerprint density at radius 2 is 1.79 bits per heavy atom. The Labute approximate surface area is 162 Å². The van der Waals surface area contributed by atoms with Gasteiger partial charge in [0.25, 0.3) is 5.91 Å². The lowest BCUT2D eigenvalue weighted by Gasteiger charge is -2.25. The van der Waals surface area contributed by atoms with Gasteiger partial charge in [0.1, 0.15) is 0 Å². The molecule has 150 valence electrons. The lowest BCUT2D eigenvalue weighted by Crippen LogP contribution is -2.40. The van der Waals surface area contributed by atoms with Crippen molar-refractivity contribution >= 4 is 29.2 Å². The molecule has 0 saturated carbocycles. The van der Waals surface area contributed by atoms with E-state index in [2.05, 4.69) is 14.9 Å². The second kappa shape index (κ2) is 8.13. The fourth-order valence-corrected chi connectivity index (χ4v) is 4.11. The highest BCUT2D eigenvalue weighted by Gasteiger charge is 2.45. The number of fused-ring (bicyclic) bond motifs is 1. The molecule has 0 aliphatic carbocycles. The summed E-state index contributed by atoms with van der Waals surface area (Å²) in [5.41, 5.74) is 0.815. The van der Waals surface area contributed by atoms with Gasteiger partial charge >= 0.3 is 12.1 Å². The summed E-state index contributed by atoms with van der Waals surface area (Å²) in [7, 11) is 0. The SMILES string of the molecule is O=C(O)C(F)(F)F.O=C(c1ccsc1)N1CC[C@H]2[C@H]1CCN2c1ncccn1. The number of rotatable bonds is 2. The van der Waals surface area contributed by atoms with Crippen LogP contribution in [0.25, 0.3) is 0 Å². The normalized spacial score (nSPS) is 21.1. The molecule has 0 radical (unpaired) electrons. The number of hydrogen-bond donors (Lipinski definition) is 1. The minimum atomic E-state index is -5.08. The van der Waals surface area contributed by atoms with Crippen LogP contribution >= 0.6 is 11.3 Å². The molecule has 2 aromatic rings. The molecule has 4 rings (SSSR count). The van der Waals surface area contributed by atoms with Crippen LogP contribution in [-0.2, 0) is 4.79 Å². The number of alkyl halides is 3. The molecule has 2 saturated heterocycles. The molecule has 2 fully saturated rings. The lowest BCUT2D eigenvalue weighted by molar-refractivity contribution is -0.192. The van der Waals surface area contributed by atoms with E-state index in [1.165, 1.54) is 0 Å². The van der Waals surface area contributed by atoms with Gasteiger partial charge in [-0.1, -0.05) is 0 Å². The zero-order valence-corrected chi connectivity index (χ0v) is 15.4. The average Bonchev–Trinajstić information content (AvgIpc) is 3.39. The molecule has 0 spiro atoms. The summed E-state index contributed by atoms with van der Waals surface area (Å²) < 4.78 is 31.7. The average molecular weight is 414 g/mol. The predicted molar refractivity (Wildman–Crippen MR) is 95.2 cm³/mol. The van der Waals surface area contributed by atoms with Crippen LogP contribution in [0.2, 0.25) is 0 Å². The van der Waals surface area contributed by atoms with E-state index in [0.717, 1.165) is 37.4 Å². The van der Waals surface area contributed by atoms with E-state index < -0.39 is 12.1 Å². The summed E-state index contributed by atoms with van der Waals surface area (Å²) in [6.45, 7) is 1.75. The molecule has 0 aromatic carbocycles. The number of nitrogens with zero attached hydrogens (tertiary/aromatic N) is 4. The van der Waals surface area contributed by atoms with Crippen LogP contribution in [0.15, 0.2) is 35.3 Å². The van der Waals surface area contributed by atoms with Gasteiger partial charge in [0, 0.05) is 30.9 Å². The van der Waals surface area contributed by atoms with Crippen molar-refractivity contribution in [3.05, 3.63) is 40.8 Å². The van der Waals surface area contributed by atoms with Crippen LogP contribution in [0.4, 0.5) is 19.1 Å². The third-order valence-corrected chi connectivity index (χ3v) is 5.34. The van der Waals surface area contributed by atoms with Crippen molar-refractivity contribution in [1.29, 1.82) is 0 Å². The van der Waals surface area contributed by atoms with Crippen LogP contribution in [0.3, 0.4) is 0 Å². The first-order chi connectivity index (χ1) is 13.3. The number of aromatic nitrogens is 2. The quantitative estimate of drug-likeness (QED) is 0.813. The van der Waals surface area contributed by atoms with Crippen molar-refractivity contribution in [2.75, 3.05) is 18.0 Å². The minimum Gasteiger partial charge on any atom is -0.475 e. The summed E-state index contributed by atoms with van der Waals surface area (Å²) in [6, 6.07) is 4.39. The molecule has 7 nitrogen and oxygen atoms in total. The minimum absolute atomic E-state index is 0.166. The highest BCUT2D eigenvalue weighted by Crippen LogP contribution is 2.34. The van der Waals surface area contributed by atoms with Gasteiger partial charge in [-0.2, -0.15) is 24.5 Å². The number of aliphatic carboxylic acids is 1. The Morgan fingerprint density at radius 3 is 2.36 bits per heavy atom. The molecule has 1 amide bonds. The van der Waals surface area contributed by atoms with Gasteiger partial charge < -0.3 is 14.9 Å². The van der Waals surface area contributed by atoms with E-state index in [4.69, 9.17) is 9.90 Å². The fraction of sp³-hybridized carbons (Fsp3) is 0.412. The van der Waals surface area contributed by atoms with Gasteiger partial charge in [-0.05, 0) is 30.4 Å². The first kappa shape index (κ1) is 20.1. The molecule has 28 heavy (non-hydrogen) atoms. The number of hydrogen-bond acceptors (Lipinski definition) is 6. The number of likely N-dealkylation sites (tertiary alicyclic amines) is 1. The molecule has 1 N–H and O–H groups in total.